The molecule has 7 heteroatoms. The van der Waals surface area contributed by atoms with Crippen molar-refractivity contribution in [1.82, 2.24) is 20.1 Å². The van der Waals surface area contributed by atoms with Gasteiger partial charge in [-0.3, -0.25) is 4.79 Å². The average Bonchev–Trinajstić information content (AvgIpc) is 3.11. The fraction of sp³-hybridized carbons (Fsp3) is 0.750. The van der Waals surface area contributed by atoms with E-state index in [0.717, 1.165) is 30.2 Å². The van der Waals surface area contributed by atoms with Gasteiger partial charge in [-0.05, 0) is 26.2 Å². The number of nitrogens with one attached hydrogen (secondary N) is 1. The van der Waals surface area contributed by atoms with Gasteiger partial charge in [-0.1, -0.05) is 11.8 Å². The molecule has 0 aromatic carbocycles. The van der Waals surface area contributed by atoms with Crippen LogP contribution < -0.4 is 5.32 Å². The van der Waals surface area contributed by atoms with E-state index < -0.39 is 0 Å². The van der Waals surface area contributed by atoms with Crippen LogP contribution >= 0.6 is 11.8 Å². The minimum absolute atomic E-state index is 0.145. The maximum Gasteiger partial charge on any atom is 0.323 e. The SMILES string of the molecule is CCOC(=O)C(CCSc1nncn1C)NC1CC1. The molecular weight excluding hydrogens is 264 g/mol. The number of hydrogen-bond donors (Lipinski definition) is 1. The van der Waals surface area contributed by atoms with Crippen LogP contribution in [-0.4, -0.2) is 45.2 Å². The van der Waals surface area contributed by atoms with Crippen molar-refractivity contribution in [3.05, 3.63) is 6.33 Å². The average molecular weight is 284 g/mol. The number of nitrogens with zero attached hydrogens (tertiary/aromatic N) is 3. The smallest absolute Gasteiger partial charge is 0.323 e. The fourth-order valence-electron chi connectivity index (χ4n) is 1.72. The Morgan fingerprint density at radius 2 is 2.47 bits per heavy atom. The Balaban J connectivity index is 1.78. The molecule has 1 aromatic rings. The van der Waals surface area contributed by atoms with E-state index in [1.165, 1.54) is 0 Å². The van der Waals surface area contributed by atoms with Crippen molar-refractivity contribution in [3.63, 3.8) is 0 Å². The molecule has 0 saturated heterocycles. The van der Waals surface area contributed by atoms with E-state index in [2.05, 4.69) is 15.5 Å². The third kappa shape index (κ3) is 4.50. The second-order valence-corrected chi connectivity index (χ2v) is 5.67. The minimum Gasteiger partial charge on any atom is -0.465 e. The third-order valence-electron chi connectivity index (χ3n) is 2.89. The highest BCUT2D eigenvalue weighted by Gasteiger charge is 2.28. The Kier molecular flexibility index (Phi) is 5.21. The molecule has 6 nitrogen and oxygen atoms in total. The normalized spacial score (nSPS) is 16.3. The van der Waals surface area contributed by atoms with Gasteiger partial charge in [0, 0.05) is 18.8 Å². The molecule has 1 aromatic heterocycles. The summed E-state index contributed by atoms with van der Waals surface area (Å²) in [5.74, 6) is 0.670. The van der Waals surface area contributed by atoms with Crippen LogP contribution in [-0.2, 0) is 16.6 Å². The van der Waals surface area contributed by atoms with E-state index in [-0.39, 0.29) is 12.0 Å². The molecule has 0 spiro atoms. The highest BCUT2D eigenvalue weighted by atomic mass is 32.2. The summed E-state index contributed by atoms with van der Waals surface area (Å²) in [6, 6.07) is 0.294. The Bertz CT molecular complexity index is 420. The Morgan fingerprint density at radius 3 is 3.05 bits per heavy atom. The molecule has 1 saturated carbocycles. The summed E-state index contributed by atoms with van der Waals surface area (Å²) in [6.07, 6.45) is 4.74. The van der Waals surface area contributed by atoms with Gasteiger partial charge in [0.05, 0.1) is 6.61 Å². The molecule has 0 aliphatic heterocycles. The molecule has 1 unspecified atom stereocenters. The topological polar surface area (TPSA) is 69.0 Å². The van der Waals surface area contributed by atoms with Gasteiger partial charge >= 0.3 is 5.97 Å². The van der Waals surface area contributed by atoms with Gasteiger partial charge in [0.15, 0.2) is 5.16 Å². The summed E-state index contributed by atoms with van der Waals surface area (Å²) < 4.78 is 6.97. The number of rotatable bonds is 8. The highest BCUT2D eigenvalue weighted by Crippen LogP contribution is 2.22. The van der Waals surface area contributed by atoms with Gasteiger partial charge in [-0.15, -0.1) is 10.2 Å². The second-order valence-electron chi connectivity index (χ2n) is 4.61. The fourth-order valence-corrected chi connectivity index (χ4v) is 2.61. The van der Waals surface area contributed by atoms with Crippen LogP contribution in [0.4, 0.5) is 0 Å². The van der Waals surface area contributed by atoms with Crippen molar-refractivity contribution in [2.75, 3.05) is 12.4 Å². The number of carbonyl (C=O) groups is 1. The predicted molar refractivity (Wildman–Crippen MR) is 72.9 cm³/mol. The molecule has 2 rings (SSSR count). The first-order chi connectivity index (χ1) is 9.20. The molecule has 0 radical (unpaired) electrons. The van der Waals surface area contributed by atoms with Crippen LogP contribution in [0.15, 0.2) is 11.5 Å². The monoisotopic (exact) mass is 284 g/mol. The number of carbonyl (C=O) groups excluding carboxylic acids is 1. The molecule has 0 bridgehead atoms. The maximum absolute atomic E-state index is 11.8. The molecule has 106 valence electrons. The van der Waals surface area contributed by atoms with Gasteiger partial charge in [0.2, 0.25) is 0 Å². The number of aromatic nitrogens is 3. The van der Waals surface area contributed by atoms with Crippen molar-refractivity contribution in [2.45, 2.75) is 43.4 Å². The first kappa shape index (κ1) is 14.3. The summed E-state index contributed by atoms with van der Waals surface area (Å²) in [6.45, 7) is 2.26. The van der Waals surface area contributed by atoms with Crippen LogP contribution in [0.3, 0.4) is 0 Å². The second kappa shape index (κ2) is 6.91. The summed E-state index contributed by atoms with van der Waals surface area (Å²) in [5.41, 5.74) is 0. The first-order valence-electron chi connectivity index (χ1n) is 6.60. The lowest BCUT2D eigenvalue weighted by Gasteiger charge is -2.16. The van der Waals surface area contributed by atoms with Gasteiger partial charge in [-0.25, -0.2) is 0 Å². The van der Waals surface area contributed by atoms with E-state index >= 15 is 0 Å². The van der Waals surface area contributed by atoms with Crippen LogP contribution in [0.1, 0.15) is 26.2 Å². The first-order valence-corrected chi connectivity index (χ1v) is 7.58. The van der Waals surface area contributed by atoms with Crippen LogP contribution in [0, 0.1) is 0 Å². The molecule has 1 aliphatic rings. The number of hydrogen-bond acceptors (Lipinski definition) is 6. The van der Waals surface area contributed by atoms with Crippen molar-refractivity contribution in [2.24, 2.45) is 7.05 Å². The van der Waals surface area contributed by atoms with E-state index in [0.29, 0.717) is 12.6 Å². The number of ether oxygens (including phenoxy) is 1. The number of thioether (sulfide) groups is 1. The summed E-state index contributed by atoms with van der Waals surface area (Å²) in [5, 5.41) is 12.0. The van der Waals surface area contributed by atoms with E-state index in [9.17, 15) is 4.79 Å². The molecule has 1 atom stereocenters. The highest BCUT2D eigenvalue weighted by molar-refractivity contribution is 7.99. The summed E-state index contributed by atoms with van der Waals surface area (Å²) >= 11 is 1.61. The van der Waals surface area contributed by atoms with Gasteiger partial charge in [0.25, 0.3) is 0 Å². The van der Waals surface area contributed by atoms with Gasteiger partial charge in [0.1, 0.15) is 12.4 Å². The molecule has 0 amide bonds. The van der Waals surface area contributed by atoms with Crippen LogP contribution in [0.2, 0.25) is 0 Å². The van der Waals surface area contributed by atoms with Crippen molar-refractivity contribution in [3.8, 4) is 0 Å². The van der Waals surface area contributed by atoms with Crippen molar-refractivity contribution < 1.29 is 9.53 Å². The van der Waals surface area contributed by atoms with Crippen LogP contribution in [0.25, 0.3) is 0 Å². The Morgan fingerprint density at radius 1 is 1.68 bits per heavy atom. The largest absolute Gasteiger partial charge is 0.465 e. The zero-order chi connectivity index (χ0) is 13.7. The predicted octanol–water partition coefficient (Wildman–Crippen LogP) is 0.981. The third-order valence-corrected chi connectivity index (χ3v) is 3.96. The molecular formula is C12H20N4O2S. The van der Waals surface area contributed by atoms with Crippen LogP contribution in [0.5, 0.6) is 0 Å². The quantitative estimate of drug-likeness (QED) is 0.567. The van der Waals surface area contributed by atoms with Crippen molar-refractivity contribution in [1.29, 1.82) is 0 Å². The molecule has 1 aliphatic carbocycles. The lowest BCUT2D eigenvalue weighted by atomic mass is 10.2. The molecule has 19 heavy (non-hydrogen) atoms. The zero-order valence-corrected chi connectivity index (χ0v) is 12.2. The molecule has 1 fully saturated rings. The van der Waals surface area contributed by atoms with E-state index in [4.69, 9.17) is 4.74 Å². The standard InChI is InChI=1S/C12H20N4O2S/c1-3-18-11(17)10(14-9-4-5-9)6-7-19-12-15-13-8-16(12)2/h8-10,14H,3-7H2,1-2H3. The lowest BCUT2D eigenvalue weighted by Crippen LogP contribution is -2.39. The summed E-state index contributed by atoms with van der Waals surface area (Å²) in [4.78, 5) is 11.8. The van der Waals surface area contributed by atoms with E-state index in [1.807, 2.05) is 18.5 Å². The summed E-state index contributed by atoms with van der Waals surface area (Å²) in [7, 11) is 1.91. The van der Waals surface area contributed by atoms with Gasteiger partial charge in [-0.2, -0.15) is 0 Å². The van der Waals surface area contributed by atoms with Gasteiger partial charge < -0.3 is 14.6 Å². The zero-order valence-electron chi connectivity index (χ0n) is 11.3. The Labute approximate surface area is 117 Å². The molecule has 1 N–H and O–H groups in total. The number of aryl methyl sites for hydroxylation is 1. The number of esters is 1. The van der Waals surface area contributed by atoms with E-state index in [1.54, 1.807) is 18.1 Å². The Hall–Kier alpha value is -1.08. The lowest BCUT2D eigenvalue weighted by molar-refractivity contribution is -0.145. The van der Waals surface area contributed by atoms with Crippen molar-refractivity contribution >= 4 is 17.7 Å². The minimum atomic E-state index is -0.201. The maximum atomic E-state index is 11.8. The molecule has 1 heterocycles.